The van der Waals surface area contributed by atoms with Crippen LogP contribution in [0.2, 0.25) is 0 Å². The van der Waals surface area contributed by atoms with Gasteiger partial charge in [0.1, 0.15) is 0 Å². The van der Waals surface area contributed by atoms with Gasteiger partial charge in [-0.15, -0.1) is 0 Å². The minimum absolute atomic E-state index is 0.401. The van der Waals surface area contributed by atoms with Crippen molar-refractivity contribution >= 4 is 0 Å². The van der Waals surface area contributed by atoms with Crippen molar-refractivity contribution < 1.29 is 0 Å². The lowest BCUT2D eigenvalue weighted by atomic mass is 9.72. The fourth-order valence-corrected chi connectivity index (χ4v) is 4.76. The molecule has 1 aliphatic rings. The second-order valence-electron chi connectivity index (χ2n) is 9.25. The maximum absolute atomic E-state index is 2.48. The predicted molar refractivity (Wildman–Crippen MR) is 94.2 cm³/mol. The molecule has 1 unspecified atom stereocenters. The summed E-state index contributed by atoms with van der Waals surface area (Å²) in [5, 5.41) is 0. The van der Waals surface area contributed by atoms with Gasteiger partial charge in [0.2, 0.25) is 0 Å². The molecule has 118 valence electrons. The van der Waals surface area contributed by atoms with Crippen molar-refractivity contribution in [3.05, 3.63) is 34.9 Å². The van der Waals surface area contributed by atoms with E-state index in [1.54, 1.807) is 16.7 Å². The minimum atomic E-state index is 0.401. The zero-order valence-corrected chi connectivity index (χ0v) is 15.4. The molecule has 0 aromatic heterocycles. The maximum atomic E-state index is 2.48. The molecule has 1 aliphatic carbocycles. The van der Waals surface area contributed by atoms with Crippen molar-refractivity contribution in [2.24, 2.45) is 10.8 Å². The van der Waals surface area contributed by atoms with E-state index in [9.17, 15) is 0 Å². The highest BCUT2D eigenvalue weighted by atomic mass is 14.5. The Bertz CT molecular complexity index is 477. The molecular weight excluding hydrogens is 252 g/mol. The highest BCUT2D eigenvalue weighted by Crippen LogP contribution is 2.58. The van der Waals surface area contributed by atoms with Gasteiger partial charge >= 0.3 is 0 Å². The van der Waals surface area contributed by atoms with E-state index < -0.39 is 0 Å². The first-order valence-electron chi connectivity index (χ1n) is 8.68. The van der Waals surface area contributed by atoms with Crippen molar-refractivity contribution in [1.29, 1.82) is 0 Å². The van der Waals surface area contributed by atoms with Crippen LogP contribution in [-0.2, 0) is 0 Å². The van der Waals surface area contributed by atoms with Crippen molar-refractivity contribution in [1.82, 2.24) is 0 Å². The molecule has 0 heteroatoms. The predicted octanol–water partition coefficient (Wildman–Crippen LogP) is 6.86. The van der Waals surface area contributed by atoms with Crippen molar-refractivity contribution in [3.63, 3.8) is 0 Å². The van der Waals surface area contributed by atoms with Gasteiger partial charge in [-0.05, 0) is 58.1 Å². The SMILES string of the molecule is CC(C)c1cccc(C(C)C)c1C1CC(C)(C)CC1(C)C. The summed E-state index contributed by atoms with van der Waals surface area (Å²) in [6, 6.07) is 7.00. The average Bonchev–Trinajstić information content (AvgIpc) is 2.55. The van der Waals surface area contributed by atoms with Crippen LogP contribution >= 0.6 is 0 Å². The van der Waals surface area contributed by atoms with Gasteiger partial charge in [0, 0.05) is 0 Å². The lowest BCUT2D eigenvalue weighted by Crippen LogP contribution is -2.19. The molecule has 0 nitrogen and oxygen atoms in total. The average molecular weight is 287 g/mol. The number of rotatable bonds is 3. The Balaban J connectivity index is 2.61. The Morgan fingerprint density at radius 1 is 0.905 bits per heavy atom. The Hall–Kier alpha value is -0.780. The Morgan fingerprint density at radius 3 is 1.71 bits per heavy atom. The molecule has 1 atom stereocenters. The Kier molecular flexibility index (Phi) is 4.30. The van der Waals surface area contributed by atoms with Crippen molar-refractivity contribution in [3.8, 4) is 0 Å². The molecule has 0 heterocycles. The summed E-state index contributed by atoms with van der Waals surface area (Å²) in [5.41, 5.74) is 5.71. The summed E-state index contributed by atoms with van der Waals surface area (Å²) in [4.78, 5) is 0. The molecule has 1 saturated carbocycles. The summed E-state index contributed by atoms with van der Waals surface area (Å²) >= 11 is 0. The van der Waals surface area contributed by atoms with Gasteiger partial charge in [-0.25, -0.2) is 0 Å². The molecular formula is C21H34. The van der Waals surface area contributed by atoms with Gasteiger partial charge in [0.25, 0.3) is 0 Å². The Morgan fingerprint density at radius 2 is 1.38 bits per heavy atom. The summed E-state index contributed by atoms with van der Waals surface area (Å²) in [7, 11) is 0. The molecule has 1 fully saturated rings. The monoisotopic (exact) mass is 286 g/mol. The van der Waals surface area contributed by atoms with Gasteiger partial charge in [0.15, 0.2) is 0 Å². The van der Waals surface area contributed by atoms with E-state index in [0.717, 1.165) is 0 Å². The van der Waals surface area contributed by atoms with Gasteiger partial charge in [-0.1, -0.05) is 73.6 Å². The summed E-state index contributed by atoms with van der Waals surface area (Å²) in [6.07, 6.45) is 2.65. The molecule has 0 saturated heterocycles. The van der Waals surface area contributed by atoms with Gasteiger partial charge in [-0.3, -0.25) is 0 Å². The van der Waals surface area contributed by atoms with Crippen LogP contribution in [0.1, 0.15) is 103 Å². The quantitative estimate of drug-likeness (QED) is 0.569. The van der Waals surface area contributed by atoms with Gasteiger partial charge in [-0.2, -0.15) is 0 Å². The zero-order valence-electron chi connectivity index (χ0n) is 15.4. The fraction of sp³-hybridized carbons (Fsp3) is 0.714. The summed E-state index contributed by atoms with van der Waals surface area (Å²) in [6.45, 7) is 19.2. The molecule has 0 N–H and O–H groups in total. The van der Waals surface area contributed by atoms with Gasteiger partial charge < -0.3 is 0 Å². The summed E-state index contributed by atoms with van der Waals surface area (Å²) < 4.78 is 0. The van der Waals surface area contributed by atoms with E-state index in [-0.39, 0.29) is 0 Å². The topological polar surface area (TPSA) is 0 Å². The normalized spacial score (nSPS) is 24.0. The van der Waals surface area contributed by atoms with Crippen LogP contribution in [0.4, 0.5) is 0 Å². The summed E-state index contributed by atoms with van der Waals surface area (Å²) in [5.74, 6) is 1.92. The second kappa shape index (κ2) is 5.45. The second-order valence-corrected chi connectivity index (χ2v) is 9.25. The van der Waals surface area contributed by atoms with E-state index in [1.165, 1.54) is 12.8 Å². The minimum Gasteiger partial charge on any atom is -0.0617 e. The van der Waals surface area contributed by atoms with Crippen LogP contribution in [0.5, 0.6) is 0 Å². The van der Waals surface area contributed by atoms with E-state index in [4.69, 9.17) is 0 Å². The van der Waals surface area contributed by atoms with Crippen molar-refractivity contribution in [2.75, 3.05) is 0 Å². The largest absolute Gasteiger partial charge is 0.0617 e. The highest BCUT2D eigenvalue weighted by Gasteiger charge is 2.46. The third-order valence-corrected chi connectivity index (χ3v) is 5.40. The third-order valence-electron chi connectivity index (χ3n) is 5.40. The first-order valence-corrected chi connectivity index (χ1v) is 8.68. The van der Waals surface area contributed by atoms with Crippen molar-refractivity contribution in [2.45, 2.75) is 86.0 Å². The molecule has 0 spiro atoms. The molecule has 0 amide bonds. The standard InChI is InChI=1S/C21H34/c1-14(2)16-10-9-11-17(15(3)4)19(16)18-12-20(5,6)13-21(18,7)8/h9-11,14-15,18H,12-13H2,1-8H3. The van der Waals surface area contributed by atoms with Crippen LogP contribution in [0.3, 0.4) is 0 Å². The highest BCUT2D eigenvalue weighted by molar-refractivity contribution is 5.43. The molecule has 2 rings (SSSR count). The van der Waals surface area contributed by atoms with E-state index in [2.05, 4.69) is 73.6 Å². The molecule has 0 bridgehead atoms. The van der Waals surface area contributed by atoms with Crippen LogP contribution in [0.25, 0.3) is 0 Å². The van der Waals surface area contributed by atoms with Crippen LogP contribution in [-0.4, -0.2) is 0 Å². The van der Waals surface area contributed by atoms with Crippen LogP contribution in [0.15, 0.2) is 18.2 Å². The van der Waals surface area contributed by atoms with E-state index >= 15 is 0 Å². The molecule has 21 heavy (non-hydrogen) atoms. The Labute approximate surface area is 132 Å². The first kappa shape index (κ1) is 16.6. The fourth-order valence-electron chi connectivity index (χ4n) is 4.76. The van der Waals surface area contributed by atoms with Crippen LogP contribution < -0.4 is 0 Å². The molecule has 0 aliphatic heterocycles. The van der Waals surface area contributed by atoms with E-state index in [0.29, 0.717) is 28.6 Å². The number of hydrogen-bond donors (Lipinski definition) is 0. The third kappa shape index (κ3) is 3.20. The maximum Gasteiger partial charge on any atom is -0.00997 e. The lowest BCUT2D eigenvalue weighted by Gasteiger charge is -2.33. The molecule has 0 radical (unpaired) electrons. The van der Waals surface area contributed by atoms with E-state index in [1.807, 2.05) is 0 Å². The van der Waals surface area contributed by atoms with Crippen LogP contribution in [0, 0.1) is 10.8 Å². The molecule has 1 aromatic carbocycles. The zero-order chi connectivity index (χ0) is 16.0. The smallest absolute Gasteiger partial charge is 0.00997 e. The number of benzene rings is 1. The molecule has 1 aromatic rings. The lowest BCUT2D eigenvalue weighted by molar-refractivity contribution is 0.291. The van der Waals surface area contributed by atoms with Gasteiger partial charge in [0.05, 0.1) is 0 Å². The first-order chi connectivity index (χ1) is 9.55. The number of hydrogen-bond acceptors (Lipinski definition) is 0.